The Morgan fingerprint density at radius 3 is 1.86 bits per heavy atom. The Hall–Kier alpha value is -0.990. The first-order valence-corrected chi connectivity index (χ1v) is 7.71. The number of halogens is 1. The molecule has 3 heteroatoms. The highest BCUT2D eigenvalue weighted by atomic mass is 35.5. The van der Waals surface area contributed by atoms with Gasteiger partial charge in [-0.3, -0.25) is 0 Å². The zero-order valence-electron chi connectivity index (χ0n) is 14.1. The van der Waals surface area contributed by atoms with Crippen LogP contribution < -0.4 is 5.32 Å². The van der Waals surface area contributed by atoms with E-state index in [-0.39, 0.29) is 10.8 Å². The lowest BCUT2D eigenvalue weighted by molar-refractivity contribution is 0.422. The summed E-state index contributed by atoms with van der Waals surface area (Å²) in [4.78, 5) is 0. The Kier molecular flexibility index (Phi) is 5.51. The van der Waals surface area contributed by atoms with Gasteiger partial charge >= 0.3 is 0 Å². The van der Waals surface area contributed by atoms with Crippen molar-refractivity contribution in [3.05, 3.63) is 40.4 Å². The van der Waals surface area contributed by atoms with Crippen LogP contribution in [-0.2, 0) is 17.4 Å². The topological polar surface area (TPSA) is 32.3 Å². The normalized spacial score (nSPS) is 12.5. The maximum absolute atomic E-state index is 10.6. The molecule has 0 saturated heterocycles. The van der Waals surface area contributed by atoms with Gasteiger partial charge in [0.1, 0.15) is 5.75 Å². The highest BCUT2D eigenvalue weighted by molar-refractivity contribution is 6.29. The van der Waals surface area contributed by atoms with Crippen molar-refractivity contribution in [2.45, 2.75) is 58.9 Å². The van der Waals surface area contributed by atoms with Crippen LogP contribution in [0.2, 0.25) is 0 Å². The van der Waals surface area contributed by atoms with E-state index in [0.29, 0.717) is 23.9 Å². The third-order valence-electron chi connectivity index (χ3n) is 3.43. The molecule has 2 N–H and O–H groups in total. The zero-order chi connectivity index (χ0) is 16.4. The van der Waals surface area contributed by atoms with Crippen LogP contribution >= 0.6 is 11.6 Å². The second-order valence-electron chi connectivity index (χ2n) is 7.66. The minimum absolute atomic E-state index is 0.101. The number of phenolic OH excluding ortho intramolecular Hbond substituents is 1. The van der Waals surface area contributed by atoms with Crippen molar-refractivity contribution >= 4 is 11.6 Å². The smallest absolute Gasteiger partial charge is 0.123 e. The first kappa shape index (κ1) is 18.1. The molecule has 1 aromatic carbocycles. The molecule has 1 aromatic rings. The van der Waals surface area contributed by atoms with Crippen LogP contribution in [-0.4, -0.2) is 11.7 Å². The monoisotopic (exact) mass is 309 g/mol. The molecule has 0 fully saturated rings. The molecule has 118 valence electrons. The van der Waals surface area contributed by atoms with Crippen molar-refractivity contribution in [1.29, 1.82) is 0 Å². The maximum atomic E-state index is 10.6. The van der Waals surface area contributed by atoms with E-state index in [1.54, 1.807) is 0 Å². The Balaban J connectivity index is 3.24. The average Bonchev–Trinajstić information content (AvgIpc) is 2.27. The van der Waals surface area contributed by atoms with Gasteiger partial charge in [-0.1, -0.05) is 71.9 Å². The molecule has 2 nitrogen and oxygen atoms in total. The molecule has 0 unspecified atom stereocenters. The van der Waals surface area contributed by atoms with E-state index in [1.165, 1.54) is 0 Å². The van der Waals surface area contributed by atoms with Gasteiger partial charge in [0.05, 0.1) is 0 Å². The van der Waals surface area contributed by atoms with Crippen molar-refractivity contribution in [1.82, 2.24) is 5.32 Å². The number of aromatic hydroxyl groups is 1. The predicted molar refractivity (Wildman–Crippen MR) is 92.2 cm³/mol. The molecule has 0 radical (unpaired) electrons. The number of benzene rings is 1. The van der Waals surface area contributed by atoms with Crippen LogP contribution in [0, 0.1) is 0 Å². The molecule has 0 amide bonds. The van der Waals surface area contributed by atoms with E-state index < -0.39 is 0 Å². The van der Waals surface area contributed by atoms with Crippen molar-refractivity contribution in [3.8, 4) is 5.75 Å². The number of nitrogens with one attached hydrogen (secondary N) is 1. The fourth-order valence-electron chi connectivity index (χ4n) is 2.28. The largest absolute Gasteiger partial charge is 0.507 e. The van der Waals surface area contributed by atoms with Crippen molar-refractivity contribution in [3.63, 3.8) is 0 Å². The highest BCUT2D eigenvalue weighted by Gasteiger charge is 2.26. The lowest BCUT2D eigenvalue weighted by Crippen LogP contribution is -2.20. The van der Waals surface area contributed by atoms with Crippen molar-refractivity contribution in [2.24, 2.45) is 0 Å². The lowest BCUT2D eigenvalue weighted by atomic mass is 9.78. The van der Waals surface area contributed by atoms with E-state index in [1.807, 2.05) is 0 Å². The highest BCUT2D eigenvalue weighted by Crippen LogP contribution is 2.39. The molecule has 0 saturated carbocycles. The van der Waals surface area contributed by atoms with E-state index in [4.69, 9.17) is 11.6 Å². The summed E-state index contributed by atoms with van der Waals surface area (Å²) in [5, 5.41) is 14.5. The van der Waals surface area contributed by atoms with Crippen LogP contribution in [0.1, 0.15) is 58.2 Å². The minimum atomic E-state index is -0.101. The molecular weight excluding hydrogens is 282 g/mol. The zero-order valence-corrected chi connectivity index (χ0v) is 14.9. The van der Waals surface area contributed by atoms with Gasteiger partial charge in [-0.2, -0.15) is 0 Å². The van der Waals surface area contributed by atoms with Crippen LogP contribution in [0.25, 0.3) is 0 Å². The van der Waals surface area contributed by atoms with Gasteiger partial charge in [0.2, 0.25) is 0 Å². The summed E-state index contributed by atoms with van der Waals surface area (Å²) in [6, 6.07) is 4.16. The Morgan fingerprint density at radius 2 is 1.52 bits per heavy atom. The second kappa shape index (κ2) is 6.41. The van der Waals surface area contributed by atoms with Crippen molar-refractivity contribution in [2.75, 3.05) is 6.54 Å². The van der Waals surface area contributed by atoms with Gasteiger partial charge in [0.25, 0.3) is 0 Å². The molecular formula is C18H28ClNO. The first-order chi connectivity index (χ1) is 9.43. The lowest BCUT2D eigenvalue weighted by Gasteiger charge is -2.28. The fraction of sp³-hybridized carbons (Fsp3) is 0.556. The Morgan fingerprint density at radius 1 is 1.10 bits per heavy atom. The third-order valence-corrected chi connectivity index (χ3v) is 3.57. The number of hydrogen-bond acceptors (Lipinski definition) is 2. The summed E-state index contributed by atoms with van der Waals surface area (Å²) in [7, 11) is 0. The molecule has 0 aromatic heterocycles. The Bertz CT molecular complexity index is 486. The molecule has 0 aliphatic rings. The van der Waals surface area contributed by atoms with Crippen molar-refractivity contribution < 1.29 is 5.11 Å². The van der Waals surface area contributed by atoms with Crippen LogP contribution in [0.4, 0.5) is 0 Å². The number of rotatable bonds is 4. The molecule has 0 aliphatic carbocycles. The summed E-state index contributed by atoms with van der Waals surface area (Å²) >= 11 is 5.78. The van der Waals surface area contributed by atoms with Crippen LogP contribution in [0.3, 0.4) is 0 Å². The van der Waals surface area contributed by atoms with Gasteiger partial charge in [0.15, 0.2) is 0 Å². The predicted octanol–water partition coefficient (Wildman–Crippen LogP) is 4.83. The van der Waals surface area contributed by atoms with E-state index in [2.05, 4.69) is 65.6 Å². The number of phenols is 1. The second-order valence-corrected chi connectivity index (χ2v) is 8.19. The van der Waals surface area contributed by atoms with E-state index in [0.717, 1.165) is 16.7 Å². The van der Waals surface area contributed by atoms with Gasteiger partial charge < -0.3 is 10.4 Å². The van der Waals surface area contributed by atoms with Crippen LogP contribution in [0.15, 0.2) is 23.7 Å². The first-order valence-electron chi connectivity index (χ1n) is 7.34. The molecule has 0 heterocycles. The summed E-state index contributed by atoms with van der Waals surface area (Å²) < 4.78 is 0. The summed E-state index contributed by atoms with van der Waals surface area (Å²) in [6.07, 6.45) is 0. The van der Waals surface area contributed by atoms with Crippen LogP contribution in [0.5, 0.6) is 5.75 Å². The molecule has 1 rings (SSSR count). The molecule has 0 atom stereocenters. The number of hydrogen-bond donors (Lipinski definition) is 2. The molecule has 21 heavy (non-hydrogen) atoms. The van der Waals surface area contributed by atoms with Gasteiger partial charge in [-0.15, -0.1) is 0 Å². The standard InChI is InChI=1S/C18H28ClNO/c1-12(19)10-20-11-13-8-14(17(2,3)4)16(21)15(9-13)18(5,6)7/h8-9,20-21H,1,10-11H2,2-7H3. The average molecular weight is 310 g/mol. The Labute approximate surface area is 134 Å². The van der Waals surface area contributed by atoms with Gasteiger partial charge in [-0.05, 0) is 27.5 Å². The third kappa shape index (κ3) is 5.05. The quantitative estimate of drug-likeness (QED) is 0.835. The van der Waals surface area contributed by atoms with Gasteiger partial charge in [-0.25, -0.2) is 0 Å². The van der Waals surface area contributed by atoms with Gasteiger partial charge in [0, 0.05) is 18.1 Å². The maximum Gasteiger partial charge on any atom is 0.123 e. The molecule has 0 aliphatic heterocycles. The van der Waals surface area contributed by atoms with E-state index >= 15 is 0 Å². The SMILES string of the molecule is C=C(Cl)CNCc1cc(C(C)(C)C)c(O)c(C(C)(C)C)c1. The minimum Gasteiger partial charge on any atom is -0.507 e. The summed E-state index contributed by atoms with van der Waals surface area (Å²) in [5.74, 6) is 0.417. The van der Waals surface area contributed by atoms with E-state index in [9.17, 15) is 5.11 Å². The fourth-order valence-corrected chi connectivity index (χ4v) is 2.38. The summed E-state index contributed by atoms with van der Waals surface area (Å²) in [6.45, 7) is 17.7. The molecule has 0 spiro atoms. The summed E-state index contributed by atoms with van der Waals surface area (Å²) in [5.41, 5.74) is 2.92. The molecule has 0 bridgehead atoms.